The van der Waals surface area contributed by atoms with Crippen molar-refractivity contribution < 1.29 is 9.59 Å². The van der Waals surface area contributed by atoms with Crippen LogP contribution in [0, 0.1) is 0 Å². The second kappa shape index (κ2) is 8.48. The molecule has 0 aliphatic carbocycles. The molecule has 22 heavy (non-hydrogen) atoms. The molecule has 0 aromatic carbocycles. The van der Waals surface area contributed by atoms with E-state index >= 15 is 0 Å². The Balaban J connectivity index is 1.60. The molecule has 0 aromatic rings. The molecule has 2 aliphatic heterocycles. The van der Waals surface area contributed by atoms with Crippen LogP contribution in [0.5, 0.6) is 0 Å². The van der Waals surface area contributed by atoms with Gasteiger partial charge in [0.1, 0.15) is 0 Å². The van der Waals surface area contributed by atoms with Gasteiger partial charge in [-0.25, -0.2) is 0 Å². The number of carbonyl (C=O) groups is 2. The lowest BCUT2D eigenvalue weighted by Crippen LogP contribution is -2.54. The lowest BCUT2D eigenvalue weighted by atomic mass is 10.1. The molecule has 2 saturated heterocycles. The Bertz CT molecular complexity index is 388. The van der Waals surface area contributed by atoms with Gasteiger partial charge in [0.05, 0.1) is 0 Å². The molecule has 0 radical (unpaired) electrons. The molecule has 2 amide bonds. The summed E-state index contributed by atoms with van der Waals surface area (Å²) in [5.74, 6) is 0.351. The van der Waals surface area contributed by atoms with Crippen molar-refractivity contribution in [1.82, 2.24) is 20.0 Å². The van der Waals surface area contributed by atoms with E-state index in [0.29, 0.717) is 25.4 Å². The third-order valence-electron chi connectivity index (χ3n) is 4.77. The van der Waals surface area contributed by atoms with Gasteiger partial charge in [0, 0.05) is 58.2 Å². The van der Waals surface area contributed by atoms with E-state index in [-0.39, 0.29) is 11.8 Å². The van der Waals surface area contributed by atoms with Crippen LogP contribution in [0.3, 0.4) is 0 Å². The van der Waals surface area contributed by atoms with Crippen LogP contribution in [-0.4, -0.2) is 85.9 Å². The summed E-state index contributed by atoms with van der Waals surface area (Å²) in [6.07, 6.45) is 4.06. The van der Waals surface area contributed by atoms with Gasteiger partial charge in [0.25, 0.3) is 0 Å². The van der Waals surface area contributed by atoms with E-state index in [1.807, 2.05) is 4.90 Å². The first kappa shape index (κ1) is 17.2. The first-order chi connectivity index (χ1) is 10.6. The molecule has 1 N–H and O–H groups in total. The van der Waals surface area contributed by atoms with Crippen LogP contribution < -0.4 is 5.32 Å². The monoisotopic (exact) mass is 310 g/mol. The van der Waals surface area contributed by atoms with Gasteiger partial charge in [0.2, 0.25) is 11.8 Å². The summed E-state index contributed by atoms with van der Waals surface area (Å²) in [6.45, 7) is 5.43. The van der Waals surface area contributed by atoms with Crippen molar-refractivity contribution in [2.75, 3.05) is 53.4 Å². The fourth-order valence-corrected chi connectivity index (χ4v) is 3.17. The summed E-state index contributed by atoms with van der Waals surface area (Å²) in [7, 11) is 4.24. The summed E-state index contributed by atoms with van der Waals surface area (Å²) in [5, 5.41) is 3.04. The second-order valence-corrected chi connectivity index (χ2v) is 6.64. The maximum absolute atomic E-state index is 12.0. The van der Waals surface area contributed by atoms with Gasteiger partial charge in [-0.2, -0.15) is 0 Å². The average molecular weight is 310 g/mol. The van der Waals surface area contributed by atoms with E-state index in [0.717, 1.165) is 52.0 Å². The Labute approximate surface area is 133 Å². The molecular formula is C16H30N4O2. The quantitative estimate of drug-likeness (QED) is 0.758. The molecule has 2 heterocycles. The van der Waals surface area contributed by atoms with Gasteiger partial charge in [-0.3, -0.25) is 14.5 Å². The number of nitrogens with zero attached hydrogens (tertiary/aromatic N) is 3. The highest BCUT2D eigenvalue weighted by atomic mass is 16.2. The number of hydrogen-bond acceptors (Lipinski definition) is 4. The molecule has 0 bridgehead atoms. The maximum Gasteiger partial charge on any atom is 0.222 e. The number of likely N-dealkylation sites (tertiary alicyclic amines) is 1. The zero-order chi connectivity index (χ0) is 15.9. The van der Waals surface area contributed by atoms with E-state index in [4.69, 9.17) is 0 Å². The molecular weight excluding hydrogens is 280 g/mol. The van der Waals surface area contributed by atoms with Crippen molar-refractivity contribution in [2.24, 2.45) is 0 Å². The van der Waals surface area contributed by atoms with E-state index in [1.165, 1.54) is 0 Å². The van der Waals surface area contributed by atoms with Gasteiger partial charge >= 0.3 is 0 Å². The molecule has 6 heteroatoms. The van der Waals surface area contributed by atoms with Crippen molar-refractivity contribution in [3.05, 3.63) is 0 Å². The van der Waals surface area contributed by atoms with Gasteiger partial charge in [0.15, 0.2) is 0 Å². The van der Waals surface area contributed by atoms with E-state index < -0.39 is 0 Å². The Hall–Kier alpha value is -1.14. The first-order valence-corrected chi connectivity index (χ1v) is 8.49. The topological polar surface area (TPSA) is 55.9 Å². The summed E-state index contributed by atoms with van der Waals surface area (Å²) < 4.78 is 0. The molecule has 0 unspecified atom stereocenters. The second-order valence-electron chi connectivity index (χ2n) is 6.64. The van der Waals surface area contributed by atoms with E-state index in [1.54, 1.807) is 0 Å². The Morgan fingerprint density at radius 3 is 2.82 bits per heavy atom. The zero-order valence-electron chi connectivity index (χ0n) is 14.0. The standard InChI is InChI=1S/C16H30N4O2/c1-18-10-11-19(2)14(13-18)12-17-15(21)6-5-9-20-8-4-3-7-16(20)22/h14H,3-13H2,1-2H3,(H,17,21)/t14-/m0/s1. The highest BCUT2D eigenvalue weighted by Crippen LogP contribution is 2.11. The minimum atomic E-state index is 0.103. The number of carbonyl (C=O) groups excluding carboxylic acids is 2. The number of piperazine rings is 1. The van der Waals surface area contributed by atoms with Gasteiger partial charge in [-0.05, 0) is 33.4 Å². The fraction of sp³-hybridized carbons (Fsp3) is 0.875. The largest absolute Gasteiger partial charge is 0.354 e. The number of piperidine rings is 1. The van der Waals surface area contributed by atoms with Crippen molar-refractivity contribution in [3.8, 4) is 0 Å². The minimum absolute atomic E-state index is 0.103. The summed E-state index contributed by atoms with van der Waals surface area (Å²) in [5.41, 5.74) is 0. The van der Waals surface area contributed by atoms with E-state index in [2.05, 4.69) is 29.2 Å². The van der Waals surface area contributed by atoms with Crippen molar-refractivity contribution in [3.63, 3.8) is 0 Å². The zero-order valence-corrected chi connectivity index (χ0v) is 14.0. The van der Waals surface area contributed by atoms with Crippen LogP contribution in [-0.2, 0) is 9.59 Å². The van der Waals surface area contributed by atoms with Crippen LogP contribution >= 0.6 is 0 Å². The number of hydrogen-bond donors (Lipinski definition) is 1. The third kappa shape index (κ3) is 5.25. The van der Waals surface area contributed by atoms with Crippen LogP contribution in [0.2, 0.25) is 0 Å². The average Bonchev–Trinajstić information content (AvgIpc) is 2.50. The Kier molecular flexibility index (Phi) is 6.64. The molecule has 0 spiro atoms. The number of rotatable bonds is 6. The van der Waals surface area contributed by atoms with Gasteiger partial charge < -0.3 is 15.1 Å². The maximum atomic E-state index is 12.0. The summed E-state index contributed by atoms with van der Waals surface area (Å²) >= 11 is 0. The van der Waals surface area contributed by atoms with E-state index in [9.17, 15) is 9.59 Å². The fourth-order valence-electron chi connectivity index (χ4n) is 3.17. The predicted octanol–water partition coefficient (Wildman–Crippen LogP) is 0.141. The van der Waals surface area contributed by atoms with Crippen molar-refractivity contribution in [2.45, 2.75) is 38.1 Å². The number of amides is 2. The number of likely N-dealkylation sites (N-methyl/N-ethyl adjacent to an activating group) is 2. The van der Waals surface area contributed by atoms with Crippen LogP contribution in [0.1, 0.15) is 32.1 Å². The van der Waals surface area contributed by atoms with Crippen LogP contribution in [0.25, 0.3) is 0 Å². The molecule has 2 rings (SSSR count). The Morgan fingerprint density at radius 1 is 1.23 bits per heavy atom. The normalized spacial score (nSPS) is 24.5. The molecule has 6 nitrogen and oxygen atoms in total. The molecule has 2 fully saturated rings. The molecule has 0 saturated carbocycles. The first-order valence-electron chi connectivity index (χ1n) is 8.49. The molecule has 0 aromatic heterocycles. The summed E-state index contributed by atoms with van der Waals surface area (Å²) in [6, 6.07) is 0.395. The lowest BCUT2D eigenvalue weighted by Gasteiger charge is -2.37. The van der Waals surface area contributed by atoms with Crippen molar-refractivity contribution in [1.29, 1.82) is 0 Å². The SMILES string of the molecule is CN1CCN(C)[C@@H](CNC(=O)CCCN2CCCCC2=O)C1. The minimum Gasteiger partial charge on any atom is -0.354 e. The highest BCUT2D eigenvalue weighted by Gasteiger charge is 2.22. The highest BCUT2D eigenvalue weighted by molar-refractivity contribution is 5.77. The lowest BCUT2D eigenvalue weighted by molar-refractivity contribution is -0.133. The smallest absolute Gasteiger partial charge is 0.222 e. The third-order valence-corrected chi connectivity index (χ3v) is 4.77. The number of nitrogens with one attached hydrogen (secondary N) is 1. The predicted molar refractivity (Wildman–Crippen MR) is 86.6 cm³/mol. The van der Waals surface area contributed by atoms with Gasteiger partial charge in [-0.1, -0.05) is 0 Å². The van der Waals surface area contributed by atoms with Gasteiger partial charge in [-0.15, -0.1) is 0 Å². The van der Waals surface area contributed by atoms with Crippen molar-refractivity contribution >= 4 is 11.8 Å². The Morgan fingerprint density at radius 2 is 2.05 bits per heavy atom. The van der Waals surface area contributed by atoms with Crippen LogP contribution in [0.4, 0.5) is 0 Å². The molecule has 1 atom stereocenters. The molecule has 2 aliphatic rings. The summed E-state index contributed by atoms with van der Waals surface area (Å²) in [4.78, 5) is 30.2. The van der Waals surface area contributed by atoms with Crippen LogP contribution in [0.15, 0.2) is 0 Å². The molecule has 126 valence electrons.